The molecule has 78 valence electrons. The van der Waals surface area contributed by atoms with Crippen molar-refractivity contribution >= 4 is 17.4 Å². The second kappa shape index (κ2) is 3.17. The van der Waals surface area contributed by atoms with Crippen LogP contribution in [0.25, 0.3) is 5.78 Å². The molecule has 1 saturated carbocycles. The third kappa shape index (κ3) is 1.69. The molecule has 1 aliphatic rings. The van der Waals surface area contributed by atoms with Crippen LogP contribution in [0.2, 0.25) is 5.15 Å². The fraction of sp³-hybridized carbons (Fsp3) is 0.500. The van der Waals surface area contributed by atoms with Gasteiger partial charge in [0.2, 0.25) is 0 Å². The lowest BCUT2D eigenvalue weighted by atomic mass is 10.3. The maximum absolute atomic E-state index is 6.05. The normalized spacial score (nSPS) is 16.1. The topological polar surface area (TPSA) is 43.1 Å². The van der Waals surface area contributed by atoms with Crippen LogP contribution in [0.5, 0.6) is 0 Å². The molecule has 15 heavy (non-hydrogen) atoms. The molecule has 4 nitrogen and oxygen atoms in total. The Labute approximate surface area is 92.3 Å². The number of aromatic nitrogens is 4. The summed E-state index contributed by atoms with van der Waals surface area (Å²) < 4.78 is 1.60. The first-order chi connectivity index (χ1) is 7.22. The number of aryl methyl sites for hydroxylation is 1. The Morgan fingerprint density at radius 3 is 3.00 bits per heavy atom. The zero-order valence-corrected chi connectivity index (χ0v) is 9.20. The van der Waals surface area contributed by atoms with Crippen LogP contribution >= 0.6 is 11.6 Å². The van der Waals surface area contributed by atoms with E-state index >= 15 is 0 Å². The summed E-state index contributed by atoms with van der Waals surface area (Å²) in [5, 5.41) is 4.92. The average Bonchev–Trinajstić information content (AvgIpc) is 2.85. The Bertz CT molecular complexity index is 515. The van der Waals surface area contributed by atoms with Crippen LogP contribution in [0, 0.1) is 12.8 Å². The van der Waals surface area contributed by atoms with Crippen LogP contribution in [0.3, 0.4) is 0 Å². The highest BCUT2D eigenvalue weighted by atomic mass is 35.5. The highest BCUT2D eigenvalue weighted by Gasteiger charge is 2.23. The van der Waals surface area contributed by atoms with Crippen molar-refractivity contribution in [1.82, 2.24) is 19.6 Å². The SMILES string of the molecule is Cc1cc(Cl)n2nc(CC3CC3)nc2n1. The Morgan fingerprint density at radius 1 is 1.47 bits per heavy atom. The van der Waals surface area contributed by atoms with E-state index in [2.05, 4.69) is 15.1 Å². The van der Waals surface area contributed by atoms with Crippen LogP contribution in [-0.2, 0) is 6.42 Å². The summed E-state index contributed by atoms with van der Waals surface area (Å²) in [4.78, 5) is 8.66. The number of hydrogen-bond acceptors (Lipinski definition) is 3. The van der Waals surface area contributed by atoms with Gasteiger partial charge in [-0.2, -0.15) is 9.50 Å². The van der Waals surface area contributed by atoms with Gasteiger partial charge in [-0.1, -0.05) is 11.6 Å². The summed E-state index contributed by atoms with van der Waals surface area (Å²) in [6.07, 6.45) is 3.56. The Morgan fingerprint density at radius 2 is 2.27 bits per heavy atom. The molecule has 0 aromatic carbocycles. The van der Waals surface area contributed by atoms with Crippen LogP contribution in [0.15, 0.2) is 6.07 Å². The van der Waals surface area contributed by atoms with Crippen molar-refractivity contribution in [3.8, 4) is 0 Å². The predicted molar refractivity (Wildman–Crippen MR) is 57.0 cm³/mol. The van der Waals surface area contributed by atoms with Crippen molar-refractivity contribution in [2.45, 2.75) is 26.2 Å². The lowest BCUT2D eigenvalue weighted by Crippen LogP contribution is -1.94. The van der Waals surface area contributed by atoms with Crippen molar-refractivity contribution in [3.05, 3.63) is 22.7 Å². The molecule has 0 amide bonds. The van der Waals surface area contributed by atoms with Gasteiger partial charge in [0.15, 0.2) is 5.82 Å². The van der Waals surface area contributed by atoms with Crippen LogP contribution in [0.1, 0.15) is 24.4 Å². The van der Waals surface area contributed by atoms with Crippen molar-refractivity contribution < 1.29 is 0 Å². The number of halogens is 1. The summed E-state index contributed by atoms with van der Waals surface area (Å²) in [5.74, 6) is 2.25. The zero-order chi connectivity index (χ0) is 10.4. The van der Waals surface area contributed by atoms with E-state index in [9.17, 15) is 0 Å². The minimum Gasteiger partial charge on any atom is -0.216 e. The highest BCUT2D eigenvalue weighted by molar-refractivity contribution is 6.29. The van der Waals surface area contributed by atoms with E-state index in [0.29, 0.717) is 10.9 Å². The van der Waals surface area contributed by atoms with Crippen LogP contribution in [-0.4, -0.2) is 19.6 Å². The maximum Gasteiger partial charge on any atom is 0.254 e. The standard InChI is InChI=1S/C10H11ClN4/c1-6-4-8(11)15-10(12-6)13-9(14-15)5-7-2-3-7/h4,7H,2-3,5H2,1H3. The van der Waals surface area contributed by atoms with Gasteiger partial charge in [-0.05, 0) is 31.7 Å². The minimum absolute atomic E-state index is 0.576. The van der Waals surface area contributed by atoms with Gasteiger partial charge in [-0.25, -0.2) is 4.98 Å². The fourth-order valence-corrected chi connectivity index (χ4v) is 1.92. The molecule has 0 atom stereocenters. The molecule has 2 aromatic heterocycles. The number of rotatable bonds is 2. The third-order valence-electron chi connectivity index (χ3n) is 2.61. The Balaban J connectivity index is 2.07. The maximum atomic E-state index is 6.05. The van der Waals surface area contributed by atoms with E-state index in [1.165, 1.54) is 12.8 Å². The molecular formula is C10H11ClN4. The van der Waals surface area contributed by atoms with E-state index in [1.54, 1.807) is 10.6 Å². The highest BCUT2D eigenvalue weighted by Crippen LogP contribution is 2.31. The molecule has 0 N–H and O–H groups in total. The van der Waals surface area contributed by atoms with E-state index < -0.39 is 0 Å². The zero-order valence-electron chi connectivity index (χ0n) is 8.44. The number of fused-ring (bicyclic) bond motifs is 1. The predicted octanol–water partition coefficient (Wildman–Crippen LogP) is 2.04. The van der Waals surface area contributed by atoms with E-state index in [-0.39, 0.29) is 0 Å². The smallest absolute Gasteiger partial charge is 0.216 e. The lowest BCUT2D eigenvalue weighted by Gasteiger charge is -1.95. The largest absolute Gasteiger partial charge is 0.254 e. The minimum atomic E-state index is 0.576. The molecule has 2 aromatic rings. The van der Waals surface area contributed by atoms with E-state index in [0.717, 1.165) is 23.9 Å². The molecule has 0 saturated heterocycles. The molecule has 1 aliphatic carbocycles. The van der Waals surface area contributed by atoms with Crippen LogP contribution in [0.4, 0.5) is 0 Å². The van der Waals surface area contributed by atoms with Gasteiger partial charge < -0.3 is 0 Å². The van der Waals surface area contributed by atoms with Gasteiger partial charge in [0.1, 0.15) is 5.15 Å². The van der Waals surface area contributed by atoms with Gasteiger partial charge >= 0.3 is 0 Å². The van der Waals surface area contributed by atoms with Crippen molar-refractivity contribution in [1.29, 1.82) is 0 Å². The van der Waals surface area contributed by atoms with Crippen LogP contribution < -0.4 is 0 Å². The number of nitrogens with zero attached hydrogens (tertiary/aromatic N) is 4. The first kappa shape index (κ1) is 9.09. The van der Waals surface area contributed by atoms with E-state index in [4.69, 9.17) is 11.6 Å². The number of hydrogen-bond donors (Lipinski definition) is 0. The molecule has 0 bridgehead atoms. The molecule has 0 unspecified atom stereocenters. The molecule has 0 spiro atoms. The summed E-state index contributed by atoms with van der Waals surface area (Å²) >= 11 is 6.05. The van der Waals surface area contributed by atoms with Crippen molar-refractivity contribution in [2.24, 2.45) is 5.92 Å². The fourth-order valence-electron chi connectivity index (χ4n) is 1.65. The van der Waals surface area contributed by atoms with Gasteiger partial charge in [0.25, 0.3) is 5.78 Å². The van der Waals surface area contributed by atoms with Crippen molar-refractivity contribution in [3.63, 3.8) is 0 Å². The summed E-state index contributed by atoms with van der Waals surface area (Å²) in [6, 6.07) is 1.80. The summed E-state index contributed by atoms with van der Waals surface area (Å²) in [6.45, 7) is 1.90. The Kier molecular flexibility index (Phi) is 1.92. The second-order valence-corrected chi connectivity index (χ2v) is 4.49. The Hall–Kier alpha value is -1.16. The van der Waals surface area contributed by atoms with Gasteiger partial charge in [0, 0.05) is 12.1 Å². The monoisotopic (exact) mass is 222 g/mol. The van der Waals surface area contributed by atoms with Gasteiger partial charge in [-0.3, -0.25) is 0 Å². The quantitative estimate of drug-likeness (QED) is 0.731. The molecule has 5 heteroatoms. The molecule has 1 fully saturated rings. The lowest BCUT2D eigenvalue weighted by molar-refractivity contribution is 0.762. The molecule has 3 rings (SSSR count). The third-order valence-corrected chi connectivity index (χ3v) is 2.88. The molecule has 0 aliphatic heterocycles. The summed E-state index contributed by atoms with van der Waals surface area (Å²) in [7, 11) is 0. The second-order valence-electron chi connectivity index (χ2n) is 4.11. The van der Waals surface area contributed by atoms with Gasteiger partial charge in [0.05, 0.1) is 0 Å². The molecule has 2 heterocycles. The first-order valence-electron chi connectivity index (χ1n) is 5.11. The van der Waals surface area contributed by atoms with Gasteiger partial charge in [-0.15, -0.1) is 5.10 Å². The van der Waals surface area contributed by atoms with E-state index in [1.807, 2.05) is 6.92 Å². The average molecular weight is 223 g/mol. The first-order valence-corrected chi connectivity index (χ1v) is 5.49. The van der Waals surface area contributed by atoms with Crippen molar-refractivity contribution in [2.75, 3.05) is 0 Å². The molecule has 0 radical (unpaired) electrons. The summed E-state index contributed by atoms with van der Waals surface area (Å²) in [5.41, 5.74) is 0.873. The molecular weight excluding hydrogens is 212 g/mol.